The average molecular weight is 248 g/mol. The van der Waals surface area contributed by atoms with Crippen molar-refractivity contribution in [1.29, 1.82) is 0 Å². The van der Waals surface area contributed by atoms with Crippen molar-refractivity contribution < 1.29 is 44.9 Å². The molecule has 0 fully saturated rings. The molecule has 0 saturated carbocycles. The van der Waals surface area contributed by atoms with Crippen LogP contribution in [0.15, 0.2) is 0 Å². The highest BCUT2D eigenvalue weighted by atomic mass is 19.4. The number of halogens is 8. The molecule has 0 atom stereocenters. The molecule has 0 aliphatic carbocycles. The zero-order chi connectivity index (χ0) is 12.3. The van der Waals surface area contributed by atoms with Crippen LogP contribution in [0.1, 0.15) is 0 Å². The molecule has 0 spiro atoms. The van der Waals surface area contributed by atoms with Gasteiger partial charge in [0.25, 0.3) is 0 Å². The normalized spacial score (nSPS) is 14.4. The fourth-order valence-electron chi connectivity index (χ4n) is 0.519. The van der Waals surface area contributed by atoms with Gasteiger partial charge in [0, 0.05) is 0 Å². The maximum Gasteiger partial charge on any atom is 0.455 e. The van der Waals surface area contributed by atoms with Gasteiger partial charge in [-0.15, -0.1) is 4.94 Å². The summed E-state index contributed by atoms with van der Waals surface area (Å²) in [5.41, 5.74) is 0. The molecule has 92 valence electrons. The monoisotopic (exact) mass is 248 g/mol. The van der Waals surface area contributed by atoms with Gasteiger partial charge >= 0.3 is 18.0 Å². The Morgan fingerprint density at radius 3 is 1.73 bits per heavy atom. The highest BCUT2D eigenvalue weighted by molar-refractivity contribution is 4.91. The molecule has 2 nitrogen and oxygen atoms in total. The first-order chi connectivity index (χ1) is 6.62. The van der Waals surface area contributed by atoms with E-state index in [-0.39, 0.29) is 0 Å². The van der Waals surface area contributed by atoms with Gasteiger partial charge in [0.15, 0.2) is 6.86 Å². The minimum Gasteiger partial charge on any atom is -0.344 e. The number of alkyl halides is 7. The lowest BCUT2D eigenvalue weighted by Gasteiger charge is -2.29. The van der Waals surface area contributed by atoms with E-state index in [0.717, 1.165) is 0 Å². The Bertz CT molecular complexity index is 205. The Hall–Kier alpha value is -0.640. The van der Waals surface area contributed by atoms with Gasteiger partial charge in [0.2, 0.25) is 0 Å². The maximum atomic E-state index is 12.3. The molecule has 0 N–H and O–H groups in total. The van der Waals surface area contributed by atoms with Gasteiger partial charge in [-0.05, 0) is 4.53 Å². The molecular weight excluding hydrogens is 244 g/mol. The molecule has 0 aliphatic rings. The van der Waals surface area contributed by atoms with Crippen molar-refractivity contribution in [2.24, 2.45) is 0 Å². The van der Waals surface area contributed by atoms with Gasteiger partial charge in [-0.1, -0.05) is 0 Å². The third-order valence-electron chi connectivity index (χ3n) is 1.28. The van der Waals surface area contributed by atoms with E-state index in [9.17, 15) is 35.3 Å². The molecule has 0 heterocycles. The second-order valence-electron chi connectivity index (χ2n) is 2.33. The zero-order valence-electron chi connectivity index (χ0n) is 6.75. The van der Waals surface area contributed by atoms with Crippen molar-refractivity contribution >= 4 is 0 Å². The second kappa shape index (κ2) is 4.47. The summed E-state index contributed by atoms with van der Waals surface area (Å²) in [5.74, 6) is -11.6. The standard InChI is InChI=1S/C5H4F8O2/c6-2-14-1-3(7,8)4(9,10)5(11,12)15-13/h1-2H2. The largest absolute Gasteiger partial charge is 0.455 e. The number of hydrogen-bond acceptors (Lipinski definition) is 2. The van der Waals surface area contributed by atoms with Crippen LogP contribution in [-0.4, -0.2) is 31.4 Å². The van der Waals surface area contributed by atoms with Crippen molar-refractivity contribution in [2.45, 2.75) is 18.0 Å². The molecule has 10 heteroatoms. The minimum atomic E-state index is -6.16. The van der Waals surface area contributed by atoms with Crippen LogP contribution < -0.4 is 0 Å². The molecule has 0 bridgehead atoms. The Morgan fingerprint density at radius 2 is 1.40 bits per heavy atom. The summed E-state index contributed by atoms with van der Waals surface area (Å²) in [7, 11) is 0. The van der Waals surface area contributed by atoms with E-state index in [1.54, 1.807) is 0 Å². The first kappa shape index (κ1) is 14.4. The molecule has 0 amide bonds. The first-order valence-electron chi connectivity index (χ1n) is 3.19. The predicted octanol–water partition coefficient (Wildman–Crippen LogP) is 2.69. The molecule has 0 radical (unpaired) electrons. The molecule has 0 aromatic rings. The molecule has 0 aromatic carbocycles. The van der Waals surface area contributed by atoms with Crippen LogP contribution in [0.5, 0.6) is 0 Å². The fraction of sp³-hybridized carbons (Fsp3) is 1.00. The summed E-state index contributed by atoms with van der Waals surface area (Å²) in [6, 6.07) is 0. The Labute approximate surface area is 77.7 Å². The fourth-order valence-corrected chi connectivity index (χ4v) is 0.519. The molecule has 0 rings (SSSR count). The van der Waals surface area contributed by atoms with E-state index in [0.29, 0.717) is 0 Å². The van der Waals surface area contributed by atoms with Crippen LogP contribution in [0, 0.1) is 0 Å². The number of rotatable bonds is 6. The molecule has 0 saturated heterocycles. The number of hydrogen-bond donors (Lipinski definition) is 0. The van der Waals surface area contributed by atoms with E-state index in [4.69, 9.17) is 0 Å². The van der Waals surface area contributed by atoms with Crippen molar-refractivity contribution in [3.05, 3.63) is 0 Å². The van der Waals surface area contributed by atoms with Gasteiger partial charge < -0.3 is 4.74 Å². The number of ether oxygens (including phenoxy) is 1. The SMILES string of the molecule is FCOCC(F)(F)C(F)(F)C(F)(F)OF. The molecular formula is C5H4F8O2. The van der Waals surface area contributed by atoms with Crippen LogP contribution in [-0.2, 0) is 9.68 Å². The lowest BCUT2D eigenvalue weighted by molar-refractivity contribution is -0.457. The highest BCUT2D eigenvalue weighted by Gasteiger charge is 2.74. The van der Waals surface area contributed by atoms with Crippen LogP contribution in [0.3, 0.4) is 0 Å². The lowest BCUT2D eigenvalue weighted by atomic mass is 10.1. The van der Waals surface area contributed by atoms with Gasteiger partial charge in [0.1, 0.15) is 6.61 Å². The third kappa shape index (κ3) is 2.68. The Kier molecular flexibility index (Phi) is 4.28. The van der Waals surface area contributed by atoms with Crippen molar-refractivity contribution in [3.63, 3.8) is 0 Å². The van der Waals surface area contributed by atoms with Crippen LogP contribution >= 0.6 is 0 Å². The molecule has 0 aromatic heterocycles. The van der Waals surface area contributed by atoms with E-state index in [2.05, 4.69) is 4.74 Å². The van der Waals surface area contributed by atoms with Gasteiger partial charge in [0.05, 0.1) is 0 Å². The molecule has 15 heavy (non-hydrogen) atoms. The van der Waals surface area contributed by atoms with E-state index < -0.39 is 31.4 Å². The first-order valence-corrected chi connectivity index (χ1v) is 3.19. The van der Waals surface area contributed by atoms with Gasteiger partial charge in [-0.25, -0.2) is 4.39 Å². The zero-order valence-corrected chi connectivity index (χ0v) is 6.75. The molecule has 0 aliphatic heterocycles. The van der Waals surface area contributed by atoms with E-state index in [1.807, 2.05) is 0 Å². The summed E-state index contributed by atoms with van der Waals surface area (Å²) >= 11 is 0. The smallest absolute Gasteiger partial charge is 0.344 e. The van der Waals surface area contributed by atoms with Crippen molar-refractivity contribution in [2.75, 3.05) is 13.5 Å². The lowest BCUT2D eigenvalue weighted by Crippen LogP contribution is -2.56. The van der Waals surface area contributed by atoms with Gasteiger partial charge in [-0.2, -0.15) is 26.3 Å². The molecule has 0 unspecified atom stereocenters. The Morgan fingerprint density at radius 1 is 0.933 bits per heavy atom. The van der Waals surface area contributed by atoms with Crippen LogP contribution in [0.25, 0.3) is 0 Å². The summed E-state index contributed by atoms with van der Waals surface area (Å²) in [5, 5.41) is 0. The Balaban J connectivity index is 4.83. The van der Waals surface area contributed by atoms with E-state index >= 15 is 0 Å². The van der Waals surface area contributed by atoms with E-state index in [1.165, 1.54) is 4.94 Å². The van der Waals surface area contributed by atoms with Crippen molar-refractivity contribution in [1.82, 2.24) is 0 Å². The highest BCUT2D eigenvalue weighted by Crippen LogP contribution is 2.46. The summed E-state index contributed by atoms with van der Waals surface area (Å²) in [6.45, 7) is -4.22. The quantitative estimate of drug-likeness (QED) is 0.673. The second-order valence-corrected chi connectivity index (χ2v) is 2.33. The summed E-state index contributed by atoms with van der Waals surface area (Å²) in [4.78, 5) is 1.46. The minimum absolute atomic E-state index is 1.46. The van der Waals surface area contributed by atoms with Crippen LogP contribution in [0.4, 0.5) is 35.3 Å². The van der Waals surface area contributed by atoms with Gasteiger partial charge in [-0.3, -0.25) is 0 Å². The maximum absolute atomic E-state index is 12.3. The summed E-state index contributed by atoms with van der Waals surface area (Å²) < 4.78 is 98.2. The van der Waals surface area contributed by atoms with Crippen molar-refractivity contribution in [3.8, 4) is 0 Å². The predicted molar refractivity (Wildman–Crippen MR) is 29.0 cm³/mol. The summed E-state index contributed by atoms with van der Waals surface area (Å²) in [6.07, 6.45) is -6.03. The topological polar surface area (TPSA) is 18.5 Å². The third-order valence-corrected chi connectivity index (χ3v) is 1.28. The average Bonchev–Trinajstić information content (AvgIpc) is 2.14. The van der Waals surface area contributed by atoms with Crippen LogP contribution in [0.2, 0.25) is 0 Å².